The van der Waals surface area contributed by atoms with Crippen LogP contribution >= 0.6 is 0 Å². The van der Waals surface area contributed by atoms with Crippen LogP contribution in [0.15, 0.2) is 0 Å². The van der Waals surface area contributed by atoms with Crippen LogP contribution in [-0.4, -0.2) is 26.4 Å². The lowest BCUT2D eigenvalue weighted by molar-refractivity contribution is -0.0237. The summed E-state index contributed by atoms with van der Waals surface area (Å²) in [7, 11) is 0. The Balaban J connectivity index is 2.37. The van der Waals surface area contributed by atoms with Crippen molar-refractivity contribution in [3.8, 4) is 0 Å². The van der Waals surface area contributed by atoms with Crippen LogP contribution in [0.25, 0.3) is 0 Å². The first-order valence-electron chi connectivity index (χ1n) is 8.86. The molecule has 1 rings (SSSR count). The largest absolute Gasteiger partial charge is 0.381 e. The molecular weight excluding hydrogens is 248 g/mol. The molecule has 0 saturated heterocycles. The van der Waals surface area contributed by atoms with Crippen LogP contribution in [0.5, 0.6) is 0 Å². The molecule has 0 aromatic heterocycles. The minimum Gasteiger partial charge on any atom is -0.381 e. The molecule has 2 heteroatoms. The number of rotatable bonds is 10. The molecule has 0 spiro atoms. The molecule has 2 nitrogen and oxygen atoms in total. The van der Waals surface area contributed by atoms with Crippen molar-refractivity contribution in [2.75, 3.05) is 26.4 Å². The molecule has 0 bridgehead atoms. The molecule has 1 aliphatic carbocycles. The van der Waals surface area contributed by atoms with Crippen molar-refractivity contribution in [1.29, 1.82) is 0 Å². The third-order valence-corrected chi connectivity index (χ3v) is 5.10. The van der Waals surface area contributed by atoms with E-state index in [9.17, 15) is 0 Å². The molecule has 0 N–H and O–H groups in total. The second kappa shape index (κ2) is 10.6. The predicted octanol–water partition coefficient (Wildman–Crippen LogP) is 4.92. The minimum absolute atomic E-state index is 0.692. The predicted molar refractivity (Wildman–Crippen MR) is 86.0 cm³/mol. The maximum Gasteiger partial charge on any atom is 0.0500 e. The monoisotopic (exact) mass is 284 g/mol. The Morgan fingerprint density at radius 1 is 0.850 bits per heavy atom. The fourth-order valence-corrected chi connectivity index (χ4v) is 3.25. The lowest BCUT2D eigenvalue weighted by Crippen LogP contribution is -2.37. The zero-order chi connectivity index (χ0) is 14.8. The van der Waals surface area contributed by atoms with E-state index in [0.717, 1.165) is 38.3 Å². The average molecular weight is 284 g/mol. The second-order valence-corrected chi connectivity index (χ2v) is 6.69. The van der Waals surface area contributed by atoms with Crippen molar-refractivity contribution in [1.82, 2.24) is 0 Å². The fraction of sp³-hybridized carbons (Fsp3) is 1.00. The van der Waals surface area contributed by atoms with Crippen LogP contribution in [0.2, 0.25) is 0 Å². The molecule has 0 heterocycles. The molecule has 1 aliphatic rings. The lowest BCUT2D eigenvalue weighted by atomic mass is 9.68. The fourth-order valence-electron chi connectivity index (χ4n) is 3.25. The van der Waals surface area contributed by atoms with Crippen molar-refractivity contribution < 1.29 is 9.47 Å². The molecule has 0 amide bonds. The first kappa shape index (κ1) is 18.0. The summed E-state index contributed by atoms with van der Waals surface area (Å²) in [5.41, 5.74) is 0. The standard InChI is InChI=1S/C18H36O2/c1-5-7-11-19-13-17-10-9-15(3)16(4)18(17)14-20-12-8-6-2/h15-18H,5-14H2,1-4H3. The highest BCUT2D eigenvalue weighted by molar-refractivity contribution is 4.83. The third kappa shape index (κ3) is 6.13. The highest BCUT2D eigenvalue weighted by Crippen LogP contribution is 2.38. The van der Waals surface area contributed by atoms with Gasteiger partial charge in [-0.25, -0.2) is 0 Å². The normalized spacial score (nSPS) is 30.6. The summed E-state index contributed by atoms with van der Waals surface area (Å²) in [6, 6.07) is 0. The molecular formula is C18H36O2. The van der Waals surface area contributed by atoms with Crippen LogP contribution in [0.3, 0.4) is 0 Å². The van der Waals surface area contributed by atoms with E-state index in [1.165, 1.54) is 38.5 Å². The Hall–Kier alpha value is -0.0800. The van der Waals surface area contributed by atoms with Gasteiger partial charge in [-0.3, -0.25) is 0 Å². The van der Waals surface area contributed by atoms with Crippen LogP contribution in [0, 0.1) is 23.7 Å². The number of ether oxygens (including phenoxy) is 2. The molecule has 0 aromatic carbocycles. The van der Waals surface area contributed by atoms with Crippen molar-refractivity contribution >= 4 is 0 Å². The number of hydrogen-bond donors (Lipinski definition) is 0. The zero-order valence-corrected chi connectivity index (χ0v) is 14.2. The van der Waals surface area contributed by atoms with Crippen molar-refractivity contribution in [3.05, 3.63) is 0 Å². The SMILES string of the molecule is CCCCOCC1CCC(C)C(C)C1COCCCC. The van der Waals surface area contributed by atoms with Gasteiger partial charge in [-0.05, 0) is 42.9 Å². The Kier molecular flexibility index (Phi) is 9.54. The zero-order valence-electron chi connectivity index (χ0n) is 14.2. The average Bonchev–Trinajstić information content (AvgIpc) is 2.45. The first-order valence-corrected chi connectivity index (χ1v) is 8.86. The smallest absolute Gasteiger partial charge is 0.0500 e. The van der Waals surface area contributed by atoms with Gasteiger partial charge in [0.05, 0.1) is 0 Å². The minimum atomic E-state index is 0.692. The van der Waals surface area contributed by atoms with E-state index in [-0.39, 0.29) is 0 Å². The summed E-state index contributed by atoms with van der Waals surface area (Å²) in [4.78, 5) is 0. The summed E-state index contributed by atoms with van der Waals surface area (Å²) in [6.45, 7) is 13.0. The van der Waals surface area contributed by atoms with E-state index in [0.29, 0.717) is 11.8 Å². The van der Waals surface area contributed by atoms with Gasteiger partial charge in [0.2, 0.25) is 0 Å². The molecule has 1 fully saturated rings. The molecule has 0 aromatic rings. The third-order valence-electron chi connectivity index (χ3n) is 5.10. The van der Waals surface area contributed by atoms with E-state index < -0.39 is 0 Å². The quantitative estimate of drug-likeness (QED) is 0.530. The summed E-state index contributed by atoms with van der Waals surface area (Å²) >= 11 is 0. The summed E-state index contributed by atoms with van der Waals surface area (Å²) in [5.74, 6) is 3.00. The number of unbranched alkanes of at least 4 members (excludes halogenated alkanes) is 2. The highest BCUT2D eigenvalue weighted by atomic mass is 16.5. The Bertz CT molecular complexity index is 229. The molecule has 120 valence electrons. The first-order chi connectivity index (χ1) is 9.70. The molecule has 0 radical (unpaired) electrons. The van der Waals surface area contributed by atoms with E-state index in [2.05, 4.69) is 27.7 Å². The van der Waals surface area contributed by atoms with Gasteiger partial charge in [-0.1, -0.05) is 47.0 Å². The maximum atomic E-state index is 5.93. The van der Waals surface area contributed by atoms with Gasteiger partial charge in [0.25, 0.3) is 0 Å². The summed E-state index contributed by atoms with van der Waals surface area (Å²) in [5, 5.41) is 0. The van der Waals surface area contributed by atoms with Crippen LogP contribution in [0.1, 0.15) is 66.2 Å². The lowest BCUT2D eigenvalue weighted by Gasteiger charge is -2.40. The van der Waals surface area contributed by atoms with E-state index in [1.54, 1.807) is 0 Å². The molecule has 20 heavy (non-hydrogen) atoms. The van der Waals surface area contributed by atoms with Gasteiger partial charge in [0.1, 0.15) is 0 Å². The van der Waals surface area contributed by atoms with Gasteiger partial charge >= 0.3 is 0 Å². The van der Waals surface area contributed by atoms with Crippen LogP contribution in [0.4, 0.5) is 0 Å². The summed E-state index contributed by atoms with van der Waals surface area (Å²) < 4.78 is 11.8. The van der Waals surface area contributed by atoms with E-state index >= 15 is 0 Å². The van der Waals surface area contributed by atoms with Gasteiger partial charge in [0, 0.05) is 26.4 Å². The molecule has 1 saturated carbocycles. The second-order valence-electron chi connectivity index (χ2n) is 6.69. The van der Waals surface area contributed by atoms with Gasteiger partial charge in [-0.2, -0.15) is 0 Å². The van der Waals surface area contributed by atoms with E-state index in [4.69, 9.17) is 9.47 Å². The highest BCUT2D eigenvalue weighted by Gasteiger charge is 2.34. The Morgan fingerprint density at radius 2 is 1.45 bits per heavy atom. The Morgan fingerprint density at radius 3 is 2.05 bits per heavy atom. The molecule has 4 unspecified atom stereocenters. The van der Waals surface area contributed by atoms with Crippen molar-refractivity contribution in [3.63, 3.8) is 0 Å². The maximum absolute atomic E-state index is 5.93. The van der Waals surface area contributed by atoms with Crippen molar-refractivity contribution in [2.45, 2.75) is 66.2 Å². The Labute approximate surface area is 126 Å². The van der Waals surface area contributed by atoms with Crippen LogP contribution in [-0.2, 0) is 9.47 Å². The number of hydrogen-bond acceptors (Lipinski definition) is 2. The van der Waals surface area contributed by atoms with Gasteiger partial charge < -0.3 is 9.47 Å². The van der Waals surface area contributed by atoms with Crippen molar-refractivity contribution in [2.24, 2.45) is 23.7 Å². The van der Waals surface area contributed by atoms with Crippen LogP contribution < -0.4 is 0 Å². The van der Waals surface area contributed by atoms with E-state index in [1.807, 2.05) is 0 Å². The van der Waals surface area contributed by atoms with Gasteiger partial charge in [0.15, 0.2) is 0 Å². The molecule has 4 atom stereocenters. The van der Waals surface area contributed by atoms with Gasteiger partial charge in [-0.15, -0.1) is 0 Å². The molecule has 0 aliphatic heterocycles. The topological polar surface area (TPSA) is 18.5 Å². The summed E-state index contributed by atoms with van der Waals surface area (Å²) in [6.07, 6.45) is 7.50.